The smallest absolute Gasteiger partial charge is 0.227 e. The van der Waals surface area contributed by atoms with E-state index < -0.39 is 0 Å². The van der Waals surface area contributed by atoms with Crippen molar-refractivity contribution >= 4 is 22.6 Å². The Balaban J connectivity index is 1.53. The molecule has 232 valence electrons. The number of amides is 1. The number of nitrogens with two attached hydrogens (primary N) is 3. The summed E-state index contributed by atoms with van der Waals surface area (Å²) in [6.45, 7) is 13.9. The third-order valence-electron chi connectivity index (χ3n) is 8.81. The van der Waals surface area contributed by atoms with Gasteiger partial charge < -0.3 is 22.1 Å². The van der Waals surface area contributed by atoms with Gasteiger partial charge in [0, 0.05) is 44.3 Å². The summed E-state index contributed by atoms with van der Waals surface area (Å²) in [7, 11) is 0. The maximum Gasteiger partial charge on any atom is 0.227 e. The lowest BCUT2D eigenvalue weighted by molar-refractivity contribution is -0.138. The molecule has 1 aliphatic heterocycles. The molecule has 1 fully saturated rings. The number of nitrogens with zero attached hydrogens (tertiary/aromatic N) is 3. The summed E-state index contributed by atoms with van der Waals surface area (Å²) >= 11 is 0. The van der Waals surface area contributed by atoms with Gasteiger partial charge in [0.15, 0.2) is 5.96 Å². The molecule has 1 aliphatic rings. The van der Waals surface area contributed by atoms with Gasteiger partial charge in [-0.2, -0.15) is 0 Å². The van der Waals surface area contributed by atoms with Gasteiger partial charge in [-0.25, -0.2) is 0 Å². The number of piperazine rings is 1. The molecule has 3 aromatic rings. The van der Waals surface area contributed by atoms with Crippen LogP contribution in [0.4, 0.5) is 0 Å². The lowest BCUT2D eigenvalue weighted by Crippen LogP contribution is -2.62. The number of hydrogen-bond donors (Lipinski definition) is 3. The van der Waals surface area contributed by atoms with Crippen molar-refractivity contribution in [3.05, 3.63) is 82.4 Å². The number of carbonyl (C=O) groups excluding carboxylic acids is 1. The van der Waals surface area contributed by atoms with Gasteiger partial charge in [-0.15, -0.1) is 0 Å². The van der Waals surface area contributed by atoms with E-state index in [0.29, 0.717) is 25.4 Å². The highest BCUT2D eigenvalue weighted by atomic mass is 16.2. The Labute approximate surface area is 258 Å². The van der Waals surface area contributed by atoms with Gasteiger partial charge in [0.05, 0.1) is 6.42 Å². The highest BCUT2D eigenvalue weighted by Crippen LogP contribution is 2.26. The molecule has 6 N–H and O–H groups in total. The maximum atomic E-state index is 14.0. The van der Waals surface area contributed by atoms with E-state index in [1.54, 1.807) is 0 Å². The molecule has 3 aromatic carbocycles. The molecule has 1 amide bonds. The van der Waals surface area contributed by atoms with E-state index in [9.17, 15) is 4.79 Å². The van der Waals surface area contributed by atoms with Crippen LogP contribution in [0.5, 0.6) is 0 Å². The molecule has 1 unspecified atom stereocenters. The molecule has 7 nitrogen and oxygen atoms in total. The molecule has 43 heavy (non-hydrogen) atoms. The summed E-state index contributed by atoms with van der Waals surface area (Å²) in [6, 6.07) is 19.5. The summed E-state index contributed by atoms with van der Waals surface area (Å²) in [4.78, 5) is 22.9. The Kier molecular flexibility index (Phi) is 11.2. The van der Waals surface area contributed by atoms with Crippen LogP contribution in [0.25, 0.3) is 10.8 Å². The second-order valence-corrected chi connectivity index (χ2v) is 13.1. The molecule has 1 saturated heterocycles. The summed E-state index contributed by atoms with van der Waals surface area (Å²) in [5.41, 5.74) is 24.4. The SMILES string of the molecule is Cc1cc(C)c(C[C@H](N)CN2C[C@@H](CC(C)C)N(C(=O)Cc3ccc4ccccc4c3)CC2CCCN=C(N)N)c(C)c1. The molecule has 0 radical (unpaired) electrons. The van der Waals surface area contributed by atoms with Gasteiger partial charge in [-0.05, 0) is 85.4 Å². The van der Waals surface area contributed by atoms with Crippen LogP contribution < -0.4 is 17.2 Å². The quantitative estimate of drug-likeness (QED) is 0.160. The first-order chi connectivity index (χ1) is 20.5. The summed E-state index contributed by atoms with van der Waals surface area (Å²) in [6.07, 6.45) is 3.97. The number of fused-ring (bicyclic) bond motifs is 1. The van der Waals surface area contributed by atoms with Crippen molar-refractivity contribution in [1.29, 1.82) is 0 Å². The summed E-state index contributed by atoms with van der Waals surface area (Å²) < 4.78 is 0. The van der Waals surface area contributed by atoms with Crippen molar-refractivity contribution < 1.29 is 4.79 Å². The minimum Gasteiger partial charge on any atom is -0.370 e. The predicted molar refractivity (Wildman–Crippen MR) is 180 cm³/mol. The highest BCUT2D eigenvalue weighted by Gasteiger charge is 2.36. The van der Waals surface area contributed by atoms with Crippen LogP contribution in [-0.4, -0.2) is 66.0 Å². The first kappa shape index (κ1) is 32.5. The number of carbonyl (C=O) groups is 1. The van der Waals surface area contributed by atoms with Crippen molar-refractivity contribution in [3.63, 3.8) is 0 Å². The molecular weight excluding hydrogens is 532 g/mol. The van der Waals surface area contributed by atoms with Crippen molar-refractivity contribution in [2.24, 2.45) is 28.1 Å². The molecule has 0 aromatic heterocycles. The van der Waals surface area contributed by atoms with Crippen LogP contribution in [-0.2, 0) is 17.6 Å². The van der Waals surface area contributed by atoms with E-state index in [0.717, 1.165) is 44.3 Å². The zero-order valence-corrected chi connectivity index (χ0v) is 26.9. The van der Waals surface area contributed by atoms with E-state index in [4.69, 9.17) is 17.2 Å². The van der Waals surface area contributed by atoms with E-state index in [2.05, 4.69) is 91.9 Å². The van der Waals surface area contributed by atoms with Crippen molar-refractivity contribution in [2.75, 3.05) is 26.2 Å². The standard InChI is InChI=1S/C36H52N6O/c1-24(2)15-33-22-41(21-31(37)20-34-26(4)16-25(3)17-27(34)5)32(11-8-14-40-36(38)39)23-42(33)35(43)19-28-12-13-29-9-6-7-10-30(29)18-28/h6-7,9-10,12-13,16-18,24,31-33H,8,11,14-15,19-23,37H2,1-5H3,(H4,38,39,40)/t31-,32?,33+/m0/s1. The molecule has 0 bridgehead atoms. The van der Waals surface area contributed by atoms with Crippen LogP contribution in [0, 0.1) is 26.7 Å². The fourth-order valence-electron chi connectivity index (χ4n) is 6.88. The van der Waals surface area contributed by atoms with E-state index in [-0.39, 0.29) is 30.0 Å². The Morgan fingerprint density at radius 2 is 1.65 bits per heavy atom. The van der Waals surface area contributed by atoms with Gasteiger partial charge >= 0.3 is 0 Å². The van der Waals surface area contributed by atoms with Gasteiger partial charge in [0.25, 0.3) is 0 Å². The third-order valence-corrected chi connectivity index (χ3v) is 8.81. The Hall–Kier alpha value is -3.42. The molecule has 0 saturated carbocycles. The van der Waals surface area contributed by atoms with Gasteiger partial charge in [0.2, 0.25) is 5.91 Å². The Bertz CT molecular complexity index is 1390. The minimum absolute atomic E-state index is 0.000125. The third kappa shape index (κ3) is 9.04. The van der Waals surface area contributed by atoms with Crippen LogP contribution in [0.15, 0.2) is 59.6 Å². The largest absolute Gasteiger partial charge is 0.370 e. The lowest BCUT2D eigenvalue weighted by Gasteiger charge is -2.48. The van der Waals surface area contributed by atoms with Crippen LogP contribution in [0.3, 0.4) is 0 Å². The number of aliphatic imine (C=N–C) groups is 1. The number of benzene rings is 3. The Morgan fingerprint density at radius 3 is 2.33 bits per heavy atom. The lowest BCUT2D eigenvalue weighted by atomic mass is 9.92. The summed E-state index contributed by atoms with van der Waals surface area (Å²) in [5.74, 6) is 0.799. The van der Waals surface area contributed by atoms with Gasteiger partial charge in [-0.1, -0.05) is 74.0 Å². The minimum atomic E-state index is -0.000125. The van der Waals surface area contributed by atoms with Gasteiger partial charge in [-0.3, -0.25) is 14.7 Å². The zero-order valence-electron chi connectivity index (χ0n) is 26.9. The molecule has 0 spiro atoms. The summed E-state index contributed by atoms with van der Waals surface area (Å²) in [5, 5.41) is 2.36. The molecule has 7 heteroatoms. The van der Waals surface area contributed by atoms with Crippen LogP contribution in [0.1, 0.15) is 60.9 Å². The van der Waals surface area contributed by atoms with E-state index >= 15 is 0 Å². The molecular formula is C36H52N6O. The number of guanidine groups is 1. The zero-order chi connectivity index (χ0) is 31.1. The van der Waals surface area contributed by atoms with Crippen molar-refractivity contribution in [1.82, 2.24) is 9.80 Å². The monoisotopic (exact) mass is 584 g/mol. The van der Waals surface area contributed by atoms with E-state index in [1.165, 1.54) is 33.0 Å². The molecule has 1 heterocycles. The van der Waals surface area contributed by atoms with Crippen molar-refractivity contribution in [2.45, 2.75) is 84.8 Å². The fraction of sp³-hybridized carbons (Fsp3) is 0.500. The van der Waals surface area contributed by atoms with Gasteiger partial charge in [0.1, 0.15) is 0 Å². The average Bonchev–Trinajstić information content (AvgIpc) is 2.93. The topological polar surface area (TPSA) is 114 Å². The normalized spacial score (nSPS) is 18.3. The highest BCUT2D eigenvalue weighted by molar-refractivity contribution is 5.85. The Morgan fingerprint density at radius 1 is 0.953 bits per heavy atom. The van der Waals surface area contributed by atoms with Crippen LogP contribution >= 0.6 is 0 Å². The van der Waals surface area contributed by atoms with Crippen LogP contribution in [0.2, 0.25) is 0 Å². The molecule has 0 aliphatic carbocycles. The second-order valence-electron chi connectivity index (χ2n) is 13.1. The molecule has 4 rings (SSSR count). The number of aryl methyl sites for hydroxylation is 3. The average molecular weight is 585 g/mol. The second kappa shape index (κ2) is 14.8. The fourth-order valence-corrected chi connectivity index (χ4v) is 6.88. The maximum absolute atomic E-state index is 14.0. The predicted octanol–water partition coefficient (Wildman–Crippen LogP) is 4.86. The van der Waals surface area contributed by atoms with E-state index in [1.807, 2.05) is 12.1 Å². The first-order valence-electron chi connectivity index (χ1n) is 15.9. The number of hydrogen-bond acceptors (Lipinski definition) is 4. The van der Waals surface area contributed by atoms with Crippen molar-refractivity contribution in [3.8, 4) is 0 Å². The first-order valence-corrected chi connectivity index (χ1v) is 15.9. The molecule has 3 atom stereocenters. The number of rotatable bonds is 12.